The third-order valence-corrected chi connectivity index (χ3v) is 7.71. The van der Waals surface area contributed by atoms with Gasteiger partial charge in [-0.2, -0.15) is 0 Å². The molecule has 1 fully saturated rings. The van der Waals surface area contributed by atoms with Crippen molar-refractivity contribution in [2.75, 3.05) is 40.4 Å². The SMILES string of the molecule is CCCC[N+](C)(Cc1ccccc1O)C1COCC1[N+](C)(CCCC)Cc1ccccc1O. The number of likely N-dealkylation sites (N-methyl/N-ethyl adjacent to an activating group) is 2. The van der Waals surface area contributed by atoms with Crippen molar-refractivity contribution in [3.63, 3.8) is 0 Å². The van der Waals surface area contributed by atoms with E-state index in [1.54, 1.807) is 12.1 Å². The molecule has 5 heteroatoms. The predicted octanol–water partition coefficient (Wildman–Crippen LogP) is 5.06. The van der Waals surface area contributed by atoms with Crippen molar-refractivity contribution in [2.45, 2.75) is 64.7 Å². The molecule has 1 aliphatic heterocycles. The number of phenols is 2. The first-order valence-electron chi connectivity index (χ1n) is 12.6. The van der Waals surface area contributed by atoms with Crippen LogP contribution in [0.2, 0.25) is 0 Å². The molecule has 3 rings (SSSR count). The molecule has 2 aromatic rings. The molecule has 0 bridgehead atoms. The maximum absolute atomic E-state index is 10.5. The van der Waals surface area contributed by atoms with Crippen LogP contribution in [0, 0.1) is 0 Å². The van der Waals surface area contributed by atoms with Gasteiger partial charge in [0, 0.05) is 11.1 Å². The zero-order valence-electron chi connectivity index (χ0n) is 21.0. The number of phenolic OH excluding ortho intramolecular Hbond substituents is 2. The van der Waals surface area contributed by atoms with Gasteiger partial charge in [-0.3, -0.25) is 0 Å². The molecule has 33 heavy (non-hydrogen) atoms. The Morgan fingerprint density at radius 3 is 1.48 bits per heavy atom. The minimum atomic E-state index is 0.323. The number of nitrogens with zero attached hydrogens (tertiary/aromatic N) is 2. The maximum Gasteiger partial charge on any atom is 0.167 e. The van der Waals surface area contributed by atoms with Gasteiger partial charge in [0.15, 0.2) is 12.1 Å². The van der Waals surface area contributed by atoms with Gasteiger partial charge in [-0.15, -0.1) is 0 Å². The number of para-hydroxylation sites is 2. The van der Waals surface area contributed by atoms with E-state index in [1.807, 2.05) is 24.3 Å². The molecule has 1 aliphatic rings. The zero-order valence-corrected chi connectivity index (χ0v) is 21.0. The van der Waals surface area contributed by atoms with Crippen LogP contribution in [0.4, 0.5) is 0 Å². The highest BCUT2D eigenvalue weighted by atomic mass is 16.5. The number of aromatic hydroxyl groups is 2. The number of hydrogen-bond donors (Lipinski definition) is 2. The van der Waals surface area contributed by atoms with Gasteiger partial charge in [0.2, 0.25) is 0 Å². The Balaban J connectivity index is 1.95. The summed E-state index contributed by atoms with van der Waals surface area (Å²) >= 11 is 0. The number of rotatable bonds is 12. The van der Waals surface area contributed by atoms with Crippen LogP contribution in [0.3, 0.4) is 0 Å². The third-order valence-electron chi connectivity index (χ3n) is 7.71. The first kappa shape index (κ1) is 25.5. The number of hydrogen-bond acceptors (Lipinski definition) is 3. The van der Waals surface area contributed by atoms with E-state index in [1.165, 1.54) is 0 Å². The monoisotopic (exact) mass is 456 g/mol. The van der Waals surface area contributed by atoms with Crippen LogP contribution in [-0.2, 0) is 17.8 Å². The Kier molecular flexibility index (Phi) is 8.80. The summed E-state index contributed by atoms with van der Waals surface area (Å²) in [5, 5.41) is 21.1. The molecule has 2 aromatic carbocycles. The second kappa shape index (κ2) is 11.4. The van der Waals surface area contributed by atoms with Crippen molar-refractivity contribution in [1.29, 1.82) is 0 Å². The Hall–Kier alpha value is -2.08. The van der Waals surface area contributed by atoms with E-state index < -0.39 is 0 Å². The van der Waals surface area contributed by atoms with Gasteiger partial charge >= 0.3 is 0 Å². The number of ether oxygens (including phenoxy) is 1. The van der Waals surface area contributed by atoms with E-state index in [4.69, 9.17) is 4.74 Å². The van der Waals surface area contributed by atoms with Gasteiger partial charge in [0.05, 0.1) is 27.2 Å². The molecular formula is C28H44N2O3+2. The molecule has 0 spiro atoms. The van der Waals surface area contributed by atoms with E-state index in [9.17, 15) is 10.2 Å². The summed E-state index contributed by atoms with van der Waals surface area (Å²) in [6.07, 6.45) is 4.58. The molecule has 0 aliphatic carbocycles. The molecule has 4 unspecified atom stereocenters. The Labute approximate surface area is 200 Å². The Morgan fingerprint density at radius 1 is 0.727 bits per heavy atom. The van der Waals surface area contributed by atoms with E-state index >= 15 is 0 Å². The van der Waals surface area contributed by atoms with Gasteiger partial charge < -0.3 is 23.9 Å². The van der Waals surface area contributed by atoms with E-state index in [-0.39, 0.29) is 0 Å². The van der Waals surface area contributed by atoms with Crippen LogP contribution in [0.15, 0.2) is 48.5 Å². The molecule has 0 aromatic heterocycles. The first-order valence-corrected chi connectivity index (χ1v) is 12.6. The van der Waals surface area contributed by atoms with Crippen molar-refractivity contribution in [1.82, 2.24) is 0 Å². The fourth-order valence-electron chi connectivity index (χ4n) is 5.55. The van der Waals surface area contributed by atoms with Crippen LogP contribution in [0.25, 0.3) is 0 Å². The second-order valence-electron chi connectivity index (χ2n) is 10.4. The molecule has 5 nitrogen and oxygen atoms in total. The average molecular weight is 457 g/mol. The quantitative estimate of drug-likeness (QED) is 0.439. The molecule has 1 heterocycles. The minimum Gasteiger partial charge on any atom is -0.507 e. The zero-order chi connectivity index (χ0) is 23.9. The number of unbranched alkanes of at least 4 members (excludes halogenated alkanes) is 2. The van der Waals surface area contributed by atoms with Crippen molar-refractivity contribution in [2.24, 2.45) is 0 Å². The second-order valence-corrected chi connectivity index (χ2v) is 10.4. The summed E-state index contributed by atoms with van der Waals surface area (Å²) in [5.74, 6) is 0.762. The van der Waals surface area contributed by atoms with Crippen molar-refractivity contribution in [3.05, 3.63) is 59.7 Å². The van der Waals surface area contributed by atoms with Crippen molar-refractivity contribution < 1.29 is 23.9 Å². The fourth-order valence-corrected chi connectivity index (χ4v) is 5.55. The third kappa shape index (κ3) is 6.08. The van der Waals surface area contributed by atoms with Gasteiger partial charge in [-0.1, -0.05) is 51.0 Å². The maximum atomic E-state index is 10.5. The fraction of sp³-hybridized carbons (Fsp3) is 0.571. The lowest BCUT2D eigenvalue weighted by Gasteiger charge is -2.48. The van der Waals surface area contributed by atoms with E-state index in [2.05, 4.69) is 40.1 Å². The van der Waals surface area contributed by atoms with Gasteiger partial charge in [0.1, 0.15) is 37.8 Å². The van der Waals surface area contributed by atoms with Crippen LogP contribution in [-0.4, -0.2) is 71.7 Å². The summed E-state index contributed by atoms with van der Waals surface area (Å²) in [5.41, 5.74) is 2.01. The van der Waals surface area contributed by atoms with Gasteiger partial charge in [0.25, 0.3) is 0 Å². The van der Waals surface area contributed by atoms with Crippen molar-refractivity contribution in [3.8, 4) is 11.5 Å². The van der Waals surface area contributed by atoms with Crippen LogP contribution in [0.1, 0.15) is 50.7 Å². The molecule has 0 radical (unpaired) electrons. The highest BCUT2D eigenvalue weighted by Gasteiger charge is 2.52. The Bertz CT molecular complexity index is 817. The normalized spacial score (nSPS) is 22.1. The summed E-state index contributed by atoms with van der Waals surface area (Å²) in [4.78, 5) is 0. The van der Waals surface area contributed by atoms with Crippen molar-refractivity contribution >= 4 is 0 Å². The molecule has 2 N–H and O–H groups in total. The number of quaternary nitrogens is 2. The van der Waals surface area contributed by atoms with Gasteiger partial charge in [-0.05, 0) is 37.1 Å². The predicted molar refractivity (Wildman–Crippen MR) is 134 cm³/mol. The van der Waals surface area contributed by atoms with E-state index in [0.717, 1.165) is 85.2 Å². The summed E-state index contributed by atoms with van der Waals surface area (Å²) in [7, 11) is 4.69. The molecular weight excluding hydrogens is 412 g/mol. The first-order chi connectivity index (χ1) is 15.8. The van der Waals surface area contributed by atoms with Crippen LogP contribution < -0.4 is 0 Å². The smallest absolute Gasteiger partial charge is 0.167 e. The van der Waals surface area contributed by atoms with Crippen LogP contribution in [0.5, 0.6) is 11.5 Å². The lowest BCUT2D eigenvalue weighted by molar-refractivity contribution is -1.01. The summed E-state index contributed by atoms with van der Waals surface area (Å²) in [6, 6.07) is 16.1. The molecule has 0 saturated carbocycles. The average Bonchev–Trinajstić information content (AvgIpc) is 3.31. The lowest BCUT2D eigenvalue weighted by Crippen LogP contribution is -2.66. The topological polar surface area (TPSA) is 49.7 Å². The molecule has 182 valence electrons. The molecule has 0 amide bonds. The lowest BCUT2D eigenvalue weighted by atomic mass is 9.99. The molecule has 1 saturated heterocycles. The Morgan fingerprint density at radius 2 is 1.12 bits per heavy atom. The highest BCUT2D eigenvalue weighted by Crippen LogP contribution is 2.34. The largest absolute Gasteiger partial charge is 0.507 e. The molecule has 4 atom stereocenters. The minimum absolute atomic E-state index is 0.323. The van der Waals surface area contributed by atoms with Gasteiger partial charge in [-0.25, -0.2) is 0 Å². The highest BCUT2D eigenvalue weighted by molar-refractivity contribution is 5.31. The summed E-state index contributed by atoms with van der Waals surface area (Å²) < 4.78 is 7.92. The summed E-state index contributed by atoms with van der Waals surface area (Å²) in [6.45, 7) is 9.65. The van der Waals surface area contributed by atoms with E-state index in [0.29, 0.717) is 23.6 Å². The number of benzene rings is 2. The standard InChI is InChI=1S/C28H42N2O3/c1-5-7-17-29(3,19-23-13-9-11-15-27(23)31)25-21-33-22-26(25)30(4,18-8-6-2)20-24-14-10-12-16-28(24)32/h9-16,25-26H,5-8,17-22H2,1-4H3/p+2. The van der Waals surface area contributed by atoms with Crippen LogP contribution >= 0.6 is 0 Å².